The number of nitrogens with one attached hydrogen (secondary N) is 1. The summed E-state index contributed by atoms with van der Waals surface area (Å²) in [5.74, 6) is 1.05. The van der Waals surface area contributed by atoms with E-state index in [1.165, 1.54) is 12.8 Å². The first-order chi connectivity index (χ1) is 11.5. The highest BCUT2D eigenvalue weighted by molar-refractivity contribution is 7.82. The van der Waals surface area contributed by atoms with Gasteiger partial charge in [-0.25, -0.2) is 9.35 Å². The predicted octanol–water partition coefficient (Wildman–Crippen LogP) is 3.57. The van der Waals surface area contributed by atoms with E-state index in [0.29, 0.717) is 17.4 Å². The monoisotopic (exact) mass is 352 g/mol. The van der Waals surface area contributed by atoms with Crippen molar-refractivity contribution in [1.29, 1.82) is 0 Å². The molecular formula is C19H32N2O2S. The highest BCUT2D eigenvalue weighted by atomic mass is 32.2. The predicted molar refractivity (Wildman–Crippen MR) is 101 cm³/mol. The highest BCUT2D eigenvalue weighted by Crippen LogP contribution is 2.28. The summed E-state index contributed by atoms with van der Waals surface area (Å²) in [6, 6.07) is 7.37. The number of hydrogen-bond acceptors (Lipinski definition) is 2. The van der Waals surface area contributed by atoms with Gasteiger partial charge in [-0.1, -0.05) is 52.2 Å². The van der Waals surface area contributed by atoms with Crippen molar-refractivity contribution in [3.63, 3.8) is 0 Å². The average Bonchev–Trinajstić information content (AvgIpc) is 2.56. The molecule has 24 heavy (non-hydrogen) atoms. The SMILES string of the molecule is CC1CCCC(C(=O)NCCc2ccc(S(N)=O)cc2)C1.CCC. The van der Waals surface area contributed by atoms with Crippen molar-refractivity contribution in [2.45, 2.75) is 64.2 Å². The fourth-order valence-electron chi connectivity index (χ4n) is 2.94. The van der Waals surface area contributed by atoms with E-state index in [1.807, 2.05) is 12.1 Å². The van der Waals surface area contributed by atoms with Gasteiger partial charge in [0.2, 0.25) is 5.91 Å². The van der Waals surface area contributed by atoms with E-state index in [0.717, 1.165) is 31.2 Å². The molecule has 0 radical (unpaired) electrons. The quantitative estimate of drug-likeness (QED) is 0.850. The molecular weight excluding hydrogens is 320 g/mol. The maximum absolute atomic E-state index is 12.1. The molecule has 136 valence electrons. The molecule has 0 spiro atoms. The largest absolute Gasteiger partial charge is 0.356 e. The summed E-state index contributed by atoms with van der Waals surface area (Å²) < 4.78 is 11.1. The molecule has 5 heteroatoms. The van der Waals surface area contributed by atoms with Crippen LogP contribution in [0.5, 0.6) is 0 Å². The van der Waals surface area contributed by atoms with Crippen LogP contribution in [0.1, 0.15) is 58.4 Å². The number of benzene rings is 1. The molecule has 0 aliphatic heterocycles. The number of nitrogens with two attached hydrogens (primary N) is 1. The number of carbonyl (C=O) groups is 1. The van der Waals surface area contributed by atoms with E-state index in [4.69, 9.17) is 5.14 Å². The van der Waals surface area contributed by atoms with Gasteiger partial charge in [0.15, 0.2) is 0 Å². The lowest BCUT2D eigenvalue weighted by atomic mass is 9.82. The van der Waals surface area contributed by atoms with Crippen molar-refractivity contribution in [1.82, 2.24) is 5.32 Å². The second-order valence-electron chi connectivity index (χ2n) is 6.66. The second kappa shape index (κ2) is 11.4. The Morgan fingerprint density at radius 2 is 1.88 bits per heavy atom. The minimum Gasteiger partial charge on any atom is -0.356 e. The molecule has 0 bridgehead atoms. The van der Waals surface area contributed by atoms with Gasteiger partial charge in [0.1, 0.15) is 11.0 Å². The Labute approximate surface area is 149 Å². The molecule has 2 rings (SSSR count). The fourth-order valence-corrected chi connectivity index (χ4v) is 3.34. The lowest BCUT2D eigenvalue weighted by molar-refractivity contribution is -0.126. The standard InChI is InChI=1S/C16H24N2O2S.C3H8/c1-12-3-2-4-14(11-12)16(19)18-10-9-13-5-7-15(8-6-13)21(17)20;1-3-2/h5-8,12,14H,2-4,9-11,17H2,1H3,(H,18,19);3H2,1-2H3. The first-order valence-electron chi connectivity index (χ1n) is 9.00. The van der Waals surface area contributed by atoms with Crippen molar-refractivity contribution >= 4 is 16.9 Å². The zero-order chi connectivity index (χ0) is 17.9. The Balaban J connectivity index is 0.000000891. The van der Waals surface area contributed by atoms with Gasteiger partial charge in [0, 0.05) is 12.5 Å². The van der Waals surface area contributed by atoms with Gasteiger partial charge in [-0.05, 0) is 42.9 Å². The van der Waals surface area contributed by atoms with E-state index >= 15 is 0 Å². The molecule has 1 amide bonds. The van der Waals surface area contributed by atoms with E-state index in [2.05, 4.69) is 26.1 Å². The Hall–Kier alpha value is -1.20. The van der Waals surface area contributed by atoms with Crippen LogP contribution < -0.4 is 10.5 Å². The third-order valence-corrected chi connectivity index (χ3v) is 4.91. The summed E-state index contributed by atoms with van der Waals surface area (Å²) in [6.45, 7) is 7.12. The maximum atomic E-state index is 12.1. The summed E-state index contributed by atoms with van der Waals surface area (Å²) in [4.78, 5) is 12.7. The van der Waals surface area contributed by atoms with E-state index in [9.17, 15) is 9.00 Å². The zero-order valence-corrected chi connectivity index (χ0v) is 16.0. The maximum Gasteiger partial charge on any atom is 0.223 e. The topological polar surface area (TPSA) is 72.2 Å². The Bertz CT molecular complexity index is 517. The van der Waals surface area contributed by atoms with E-state index in [-0.39, 0.29) is 11.8 Å². The van der Waals surface area contributed by atoms with Crippen LogP contribution in [-0.4, -0.2) is 16.7 Å². The fraction of sp³-hybridized carbons (Fsp3) is 0.632. The Morgan fingerprint density at radius 1 is 1.25 bits per heavy atom. The zero-order valence-electron chi connectivity index (χ0n) is 15.2. The highest BCUT2D eigenvalue weighted by Gasteiger charge is 2.24. The van der Waals surface area contributed by atoms with Crippen LogP contribution in [0.2, 0.25) is 0 Å². The molecule has 4 nitrogen and oxygen atoms in total. The molecule has 3 N–H and O–H groups in total. The number of hydrogen-bond donors (Lipinski definition) is 2. The van der Waals surface area contributed by atoms with Gasteiger partial charge in [-0.15, -0.1) is 0 Å². The minimum absolute atomic E-state index is 0.191. The Kier molecular flexibility index (Phi) is 9.88. The molecule has 0 saturated heterocycles. The molecule has 1 aliphatic rings. The smallest absolute Gasteiger partial charge is 0.223 e. The second-order valence-corrected chi connectivity index (χ2v) is 7.72. The van der Waals surface area contributed by atoms with Crippen molar-refractivity contribution < 1.29 is 9.00 Å². The van der Waals surface area contributed by atoms with Gasteiger partial charge in [-0.3, -0.25) is 4.79 Å². The normalized spacial score (nSPS) is 21.3. The van der Waals surface area contributed by atoms with Gasteiger partial charge in [0.05, 0.1) is 4.90 Å². The third-order valence-electron chi connectivity index (χ3n) is 4.18. The number of amides is 1. The van der Waals surface area contributed by atoms with Crippen LogP contribution in [0.15, 0.2) is 29.2 Å². The summed E-state index contributed by atoms with van der Waals surface area (Å²) in [5, 5.41) is 8.35. The van der Waals surface area contributed by atoms with Crippen LogP contribution in [0.3, 0.4) is 0 Å². The molecule has 1 saturated carbocycles. The molecule has 3 unspecified atom stereocenters. The van der Waals surface area contributed by atoms with Crippen LogP contribution in [0, 0.1) is 11.8 Å². The lowest BCUT2D eigenvalue weighted by Gasteiger charge is -2.25. The van der Waals surface area contributed by atoms with Gasteiger partial charge in [0.25, 0.3) is 0 Å². The minimum atomic E-state index is -1.43. The van der Waals surface area contributed by atoms with Crippen molar-refractivity contribution in [3.05, 3.63) is 29.8 Å². The van der Waals surface area contributed by atoms with Crippen molar-refractivity contribution in [3.8, 4) is 0 Å². The van der Waals surface area contributed by atoms with Gasteiger partial charge < -0.3 is 5.32 Å². The summed E-state index contributed by atoms with van der Waals surface area (Å²) >= 11 is 0. The van der Waals surface area contributed by atoms with Gasteiger partial charge in [-0.2, -0.15) is 0 Å². The van der Waals surface area contributed by atoms with Crippen LogP contribution in [0.4, 0.5) is 0 Å². The summed E-state index contributed by atoms with van der Waals surface area (Å²) in [7, 11) is -1.43. The van der Waals surface area contributed by atoms with Crippen molar-refractivity contribution in [2.75, 3.05) is 6.54 Å². The van der Waals surface area contributed by atoms with Crippen LogP contribution in [-0.2, 0) is 22.2 Å². The molecule has 3 atom stereocenters. The molecule has 1 aromatic rings. The van der Waals surface area contributed by atoms with Crippen LogP contribution >= 0.6 is 0 Å². The lowest BCUT2D eigenvalue weighted by Crippen LogP contribution is -2.34. The number of rotatable bonds is 5. The molecule has 0 heterocycles. The number of carbonyl (C=O) groups excluding carboxylic acids is 1. The molecule has 1 aliphatic carbocycles. The van der Waals surface area contributed by atoms with Crippen molar-refractivity contribution in [2.24, 2.45) is 17.0 Å². The van der Waals surface area contributed by atoms with E-state index < -0.39 is 11.0 Å². The third kappa shape index (κ3) is 7.58. The summed E-state index contributed by atoms with van der Waals surface area (Å²) in [5.41, 5.74) is 1.11. The summed E-state index contributed by atoms with van der Waals surface area (Å²) in [6.07, 6.45) is 6.48. The average molecular weight is 353 g/mol. The Morgan fingerprint density at radius 3 is 2.42 bits per heavy atom. The molecule has 0 aromatic heterocycles. The van der Waals surface area contributed by atoms with Crippen LogP contribution in [0.25, 0.3) is 0 Å². The van der Waals surface area contributed by atoms with Gasteiger partial charge >= 0.3 is 0 Å². The molecule has 1 aromatic carbocycles. The molecule has 1 fully saturated rings. The first-order valence-corrected chi connectivity index (χ1v) is 10.2. The first kappa shape index (κ1) is 20.8. The van der Waals surface area contributed by atoms with E-state index in [1.54, 1.807) is 12.1 Å².